The smallest absolute Gasteiger partial charge is 0.163 e. The second-order valence-electron chi connectivity index (χ2n) is 4.83. The van der Waals surface area contributed by atoms with Crippen LogP contribution in [0.25, 0.3) is 0 Å². The van der Waals surface area contributed by atoms with E-state index in [1.54, 1.807) is 26.2 Å². The van der Waals surface area contributed by atoms with Crippen LogP contribution in [0.2, 0.25) is 0 Å². The van der Waals surface area contributed by atoms with Crippen LogP contribution in [-0.4, -0.2) is 19.8 Å². The Bertz CT molecular complexity index is 409. The van der Waals surface area contributed by atoms with E-state index in [0.29, 0.717) is 24.1 Å². The van der Waals surface area contributed by atoms with Crippen LogP contribution in [-0.2, 0) is 4.74 Å². The van der Waals surface area contributed by atoms with Crippen LogP contribution in [0.1, 0.15) is 43.9 Å². The molecule has 0 saturated carbocycles. The predicted molar refractivity (Wildman–Crippen MR) is 73.2 cm³/mol. The second-order valence-corrected chi connectivity index (χ2v) is 4.83. The highest BCUT2D eigenvalue weighted by molar-refractivity contribution is 5.27. The van der Waals surface area contributed by atoms with Gasteiger partial charge in [-0.25, -0.2) is 8.78 Å². The van der Waals surface area contributed by atoms with E-state index in [-0.39, 0.29) is 12.1 Å². The number of hydrogen-bond donors (Lipinski definition) is 1. The Kier molecular flexibility index (Phi) is 6.38. The van der Waals surface area contributed by atoms with Crippen LogP contribution >= 0.6 is 0 Å². The first-order valence-corrected chi connectivity index (χ1v) is 6.71. The van der Waals surface area contributed by atoms with Crippen molar-refractivity contribution in [2.24, 2.45) is 0 Å². The predicted octanol–water partition coefficient (Wildman–Crippen LogP) is 3.74. The van der Waals surface area contributed by atoms with Gasteiger partial charge in [-0.1, -0.05) is 19.1 Å². The number of halogens is 2. The van der Waals surface area contributed by atoms with Gasteiger partial charge in [0, 0.05) is 18.7 Å². The van der Waals surface area contributed by atoms with Gasteiger partial charge in [0.25, 0.3) is 0 Å². The molecule has 0 amide bonds. The van der Waals surface area contributed by atoms with Crippen molar-refractivity contribution in [3.05, 3.63) is 34.9 Å². The summed E-state index contributed by atoms with van der Waals surface area (Å²) in [6.45, 7) is 6.20. The molecule has 4 heteroatoms. The van der Waals surface area contributed by atoms with E-state index < -0.39 is 11.6 Å². The number of rotatable bonds is 7. The van der Waals surface area contributed by atoms with Crippen molar-refractivity contribution < 1.29 is 13.5 Å². The molecule has 108 valence electrons. The van der Waals surface area contributed by atoms with Gasteiger partial charge in [-0.05, 0) is 38.8 Å². The fourth-order valence-corrected chi connectivity index (χ4v) is 2.06. The molecule has 19 heavy (non-hydrogen) atoms. The van der Waals surface area contributed by atoms with Crippen molar-refractivity contribution in [1.29, 1.82) is 0 Å². The Hall–Kier alpha value is -1.00. The number of benzene rings is 1. The molecule has 0 bridgehead atoms. The molecule has 1 N–H and O–H groups in total. The maximum atomic E-state index is 14.0. The van der Waals surface area contributed by atoms with Gasteiger partial charge in [-0.2, -0.15) is 0 Å². The zero-order chi connectivity index (χ0) is 14.4. The van der Waals surface area contributed by atoms with Crippen molar-refractivity contribution >= 4 is 0 Å². The van der Waals surface area contributed by atoms with Crippen LogP contribution in [0, 0.1) is 18.6 Å². The number of aryl methyl sites for hydroxylation is 1. The molecule has 2 nitrogen and oxygen atoms in total. The van der Waals surface area contributed by atoms with Crippen molar-refractivity contribution in [3.8, 4) is 0 Å². The monoisotopic (exact) mass is 271 g/mol. The third-order valence-electron chi connectivity index (χ3n) is 3.40. The molecular weight excluding hydrogens is 248 g/mol. The zero-order valence-electron chi connectivity index (χ0n) is 12.1. The molecule has 1 aromatic rings. The third-order valence-corrected chi connectivity index (χ3v) is 3.40. The minimum atomic E-state index is -0.750. The Balaban J connectivity index is 2.89. The van der Waals surface area contributed by atoms with Crippen molar-refractivity contribution in [2.75, 3.05) is 13.7 Å². The molecule has 0 aliphatic carbocycles. The van der Waals surface area contributed by atoms with E-state index in [1.165, 1.54) is 0 Å². The summed E-state index contributed by atoms with van der Waals surface area (Å²) in [5.41, 5.74) is 0.731. The minimum Gasteiger partial charge on any atom is -0.382 e. The Morgan fingerprint density at radius 1 is 1.21 bits per heavy atom. The van der Waals surface area contributed by atoms with E-state index in [0.717, 1.165) is 6.42 Å². The molecular formula is C15H23F2NO. The molecule has 0 fully saturated rings. The number of ether oxygens (including phenoxy) is 1. The van der Waals surface area contributed by atoms with Crippen molar-refractivity contribution in [1.82, 2.24) is 5.32 Å². The van der Waals surface area contributed by atoms with Gasteiger partial charge < -0.3 is 10.1 Å². The highest BCUT2D eigenvalue weighted by atomic mass is 19.2. The van der Waals surface area contributed by atoms with Crippen molar-refractivity contribution in [2.45, 2.75) is 45.8 Å². The molecule has 0 radical (unpaired) electrons. The molecule has 0 heterocycles. The van der Waals surface area contributed by atoms with Gasteiger partial charge >= 0.3 is 0 Å². The SMILES string of the molecule is CCNC(CCC(C)OC)c1ccc(C)c(F)c1F. The molecule has 0 aromatic heterocycles. The number of hydrogen-bond acceptors (Lipinski definition) is 2. The van der Waals surface area contributed by atoms with E-state index in [9.17, 15) is 8.78 Å². The van der Waals surface area contributed by atoms with Crippen molar-refractivity contribution in [3.63, 3.8) is 0 Å². The normalized spacial score (nSPS) is 14.4. The molecule has 1 aromatic carbocycles. The molecule has 0 saturated heterocycles. The summed E-state index contributed by atoms with van der Waals surface area (Å²) in [5, 5.41) is 3.20. The lowest BCUT2D eigenvalue weighted by Gasteiger charge is -2.21. The molecule has 0 spiro atoms. The van der Waals surface area contributed by atoms with Gasteiger partial charge in [-0.15, -0.1) is 0 Å². The fraction of sp³-hybridized carbons (Fsp3) is 0.600. The van der Waals surface area contributed by atoms with E-state index in [2.05, 4.69) is 5.32 Å². The summed E-state index contributed by atoms with van der Waals surface area (Å²) in [4.78, 5) is 0. The lowest BCUT2D eigenvalue weighted by molar-refractivity contribution is 0.106. The van der Waals surface area contributed by atoms with Gasteiger partial charge in [0.2, 0.25) is 0 Å². The van der Waals surface area contributed by atoms with Crippen LogP contribution in [0.3, 0.4) is 0 Å². The number of nitrogens with one attached hydrogen (secondary N) is 1. The second kappa shape index (κ2) is 7.56. The Morgan fingerprint density at radius 2 is 1.89 bits per heavy atom. The van der Waals surface area contributed by atoms with Crippen LogP contribution in [0.4, 0.5) is 8.78 Å². The summed E-state index contributed by atoms with van der Waals surface area (Å²) < 4.78 is 32.8. The van der Waals surface area contributed by atoms with Crippen LogP contribution < -0.4 is 5.32 Å². The van der Waals surface area contributed by atoms with E-state index in [1.807, 2.05) is 13.8 Å². The van der Waals surface area contributed by atoms with E-state index >= 15 is 0 Å². The van der Waals surface area contributed by atoms with Crippen LogP contribution in [0.15, 0.2) is 12.1 Å². The van der Waals surface area contributed by atoms with Gasteiger partial charge in [0.15, 0.2) is 11.6 Å². The third kappa shape index (κ3) is 4.25. The Labute approximate surface area is 114 Å². The lowest BCUT2D eigenvalue weighted by atomic mass is 9.98. The van der Waals surface area contributed by atoms with E-state index in [4.69, 9.17) is 4.74 Å². The summed E-state index contributed by atoms with van der Waals surface area (Å²) in [5.74, 6) is -1.49. The largest absolute Gasteiger partial charge is 0.382 e. The quantitative estimate of drug-likeness (QED) is 0.815. The van der Waals surface area contributed by atoms with Gasteiger partial charge in [0.05, 0.1) is 6.10 Å². The Morgan fingerprint density at radius 3 is 2.47 bits per heavy atom. The maximum absolute atomic E-state index is 14.0. The summed E-state index contributed by atoms with van der Waals surface area (Å²) >= 11 is 0. The first-order chi connectivity index (χ1) is 9.01. The standard InChI is InChI=1S/C15H23F2NO/c1-5-18-13(9-7-11(3)19-4)12-8-6-10(2)14(16)15(12)17/h6,8,11,13,18H,5,7,9H2,1-4H3. The average molecular weight is 271 g/mol. The lowest BCUT2D eigenvalue weighted by Crippen LogP contribution is -2.24. The number of methoxy groups -OCH3 is 1. The first kappa shape index (κ1) is 16.1. The molecule has 2 unspecified atom stereocenters. The first-order valence-electron chi connectivity index (χ1n) is 6.71. The molecule has 0 aliphatic rings. The summed E-state index contributed by atoms with van der Waals surface area (Å²) in [6.07, 6.45) is 1.62. The molecule has 0 aliphatic heterocycles. The highest BCUT2D eigenvalue weighted by Crippen LogP contribution is 2.25. The maximum Gasteiger partial charge on any atom is 0.163 e. The highest BCUT2D eigenvalue weighted by Gasteiger charge is 2.19. The van der Waals surface area contributed by atoms with Gasteiger partial charge in [-0.3, -0.25) is 0 Å². The summed E-state index contributed by atoms with van der Waals surface area (Å²) in [7, 11) is 1.65. The summed E-state index contributed by atoms with van der Waals surface area (Å²) in [6, 6.07) is 3.11. The zero-order valence-corrected chi connectivity index (χ0v) is 12.1. The molecule has 2 atom stereocenters. The topological polar surface area (TPSA) is 21.3 Å². The minimum absolute atomic E-state index is 0.111. The van der Waals surface area contributed by atoms with Gasteiger partial charge in [0.1, 0.15) is 0 Å². The van der Waals surface area contributed by atoms with Crippen LogP contribution in [0.5, 0.6) is 0 Å². The fourth-order valence-electron chi connectivity index (χ4n) is 2.06. The average Bonchev–Trinajstić information content (AvgIpc) is 2.41. The molecule has 1 rings (SSSR count).